The van der Waals surface area contributed by atoms with Crippen LogP contribution in [0.5, 0.6) is 0 Å². The van der Waals surface area contributed by atoms with Gasteiger partial charge in [-0.2, -0.15) is 0 Å². The van der Waals surface area contributed by atoms with E-state index in [-0.39, 0.29) is 18.0 Å². The lowest BCUT2D eigenvalue weighted by Crippen LogP contribution is -2.47. The van der Waals surface area contributed by atoms with Crippen molar-refractivity contribution in [2.45, 2.75) is 58.4 Å². The van der Waals surface area contributed by atoms with Crippen LogP contribution >= 0.6 is 0 Å². The summed E-state index contributed by atoms with van der Waals surface area (Å²) in [4.78, 5) is 24.6. The third-order valence-corrected chi connectivity index (χ3v) is 3.74. The average Bonchev–Trinajstić information content (AvgIpc) is 2.39. The van der Waals surface area contributed by atoms with E-state index in [1.807, 2.05) is 6.92 Å². The van der Waals surface area contributed by atoms with Crippen LogP contribution in [-0.4, -0.2) is 41.1 Å². The number of carbonyl (C=O) groups excluding carboxylic acids is 1. The lowest BCUT2D eigenvalue weighted by Gasteiger charge is -2.31. The number of amides is 2. The van der Waals surface area contributed by atoms with E-state index in [2.05, 4.69) is 12.2 Å². The number of carbonyl (C=O) groups is 2. The third-order valence-electron chi connectivity index (χ3n) is 3.74. The van der Waals surface area contributed by atoms with Crippen molar-refractivity contribution in [3.8, 4) is 0 Å². The van der Waals surface area contributed by atoms with Gasteiger partial charge in [0.15, 0.2) is 0 Å². The second-order valence-corrected chi connectivity index (χ2v) is 5.45. The molecule has 110 valence electrons. The predicted octanol–water partition coefficient (Wildman–Crippen LogP) is 2.46. The molecule has 5 heteroatoms. The number of rotatable bonds is 6. The Kier molecular flexibility index (Phi) is 6.67. The summed E-state index contributed by atoms with van der Waals surface area (Å²) >= 11 is 0. The highest BCUT2D eigenvalue weighted by atomic mass is 16.4. The molecule has 1 heterocycles. The fraction of sp³-hybridized carbons (Fsp3) is 0.857. The van der Waals surface area contributed by atoms with Crippen LogP contribution < -0.4 is 5.32 Å². The Labute approximate surface area is 115 Å². The van der Waals surface area contributed by atoms with Crippen molar-refractivity contribution in [1.29, 1.82) is 0 Å². The van der Waals surface area contributed by atoms with E-state index in [9.17, 15) is 9.59 Å². The van der Waals surface area contributed by atoms with Gasteiger partial charge in [0.2, 0.25) is 0 Å². The Hall–Kier alpha value is -1.26. The largest absolute Gasteiger partial charge is 0.481 e. The van der Waals surface area contributed by atoms with Gasteiger partial charge in [0, 0.05) is 19.1 Å². The molecule has 5 nitrogen and oxygen atoms in total. The molecule has 0 aromatic heterocycles. The molecule has 1 rings (SSSR count). The minimum atomic E-state index is -0.743. The molecule has 0 bridgehead atoms. The molecule has 0 aromatic carbocycles. The molecule has 0 radical (unpaired) electrons. The van der Waals surface area contributed by atoms with Crippen molar-refractivity contribution in [3.63, 3.8) is 0 Å². The number of carboxylic acid groups (broad SMARTS) is 1. The number of hydrogen-bond acceptors (Lipinski definition) is 2. The second kappa shape index (κ2) is 8.02. The van der Waals surface area contributed by atoms with Crippen molar-refractivity contribution in [2.75, 3.05) is 13.1 Å². The molecule has 0 saturated carbocycles. The van der Waals surface area contributed by atoms with E-state index in [0.29, 0.717) is 25.9 Å². The number of unbranched alkanes of at least 4 members (excludes halogenated alkanes) is 2. The van der Waals surface area contributed by atoms with Crippen LogP contribution in [0.15, 0.2) is 0 Å². The van der Waals surface area contributed by atoms with Gasteiger partial charge in [0.05, 0.1) is 5.92 Å². The normalized spacial score (nSPS) is 18.1. The molecule has 1 aliphatic rings. The number of urea groups is 1. The highest BCUT2D eigenvalue weighted by Gasteiger charge is 2.27. The van der Waals surface area contributed by atoms with Gasteiger partial charge in [0.25, 0.3) is 0 Å². The highest BCUT2D eigenvalue weighted by Crippen LogP contribution is 2.17. The number of likely N-dealkylation sites (tertiary alicyclic amines) is 1. The zero-order valence-electron chi connectivity index (χ0n) is 12.0. The number of carboxylic acids is 1. The van der Waals surface area contributed by atoms with Crippen molar-refractivity contribution < 1.29 is 14.7 Å². The number of aliphatic carboxylic acids is 1. The molecule has 1 atom stereocenters. The standard InChI is InChI=1S/C14H26N2O3/c1-3-4-5-6-11(2)15-14(19)16-9-7-12(8-10-16)13(17)18/h11-12H,3-10H2,1-2H3,(H,15,19)(H,17,18). The summed E-state index contributed by atoms with van der Waals surface area (Å²) in [5.74, 6) is -1.03. The van der Waals surface area contributed by atoms with Crippen LogP contribution in [0.4, 0.5) is 4.79 Å². The van der Waals surface area contributed by atoms with E-state index < -0.39 is 5.97 Å². The van der Waals surface area contributed by atoms with Gasteiger partial charge in [-0.05, 0) is 26.2 Å². The van der Waals surface area contributed by atoms with Gasteiger partial charge in [0.1, 0.15) is 0 Å². The monoisotopic (exact) mass is 270 g/mol. The Morgan fingerprint density at radius 2 is 1.95 bits per heavy atom. The predicted molar refractivity (Wildman–Crippen MR) is 74.1 cm³/mol. The Bertz CT molecular complexity index is 299. The topological polar surface area (TPSA) is 69.6 Å². The molecule has 1 aliphatic heterocycles. The maximum absolute atomic E-state index is 12.0. The summed E-state index contributed by atoms with van der Waals surface area (Å²) < 4.78 is 0. The molecule has 1 saturated heterocycles. The lowest BCUT2D eigenvalue weighted by atomic mass is 9.97. The number of hydrogen-bond donors (Lipinski definition) is 2. The fourth-order valence-electron chi connectivity index (χ4n) is 2.40. The average molecular weight is 270 g/mol. The summed E-state index contributed by atoms with van der Waals surface area (Å²) in [6.07, 6.45) is 5.65. The van der Waals surface area contributed by atoms with Crippen molar-refractivity contribution in [3.05, 3.63) is 0 Å². The number of nitrogens with one attached hydrogen (secondary N) is 1. The highest BCUT2D eigenvalue weighted by molar-refractivity contribution is 5.75. The van der Waals surface area contributed by atoms with E-state index in [1.54, 1.807) is 4.90 Å². The first kappa shape index (κ1) is 15.8. The van der Waals surface area contributed by atoms with Gasteiger partial charge in [-0.1, -0.05) is 26.2 Å². The van der Waals surface area contributed by atoms with Gasteiger partial charge in [-0.15, -0.1) is 0 Å². The maximum Gasteiger partial charge on any atom is 0.317 e. The van der Waals surface area contributed by atoms with Gasteiger partial charge in [-0.3, -0.25) is 4.79 Å². The first-order valence-corrected chi connectivity index (χ1v) is 7.32. The molecule has 1 unspecified atom stereocenters. The Morgan fingerprint density at radius 1 is 1.32 bits per heavy atom. The third kappa shape index (κ3) is 5.49. The molecule has 0 aromatic rings. The number of nitrogens with zero attached hydrogens (tertiary/aromatic N) is 1. The second-order valence-electron chi connectivity index (χ2n) is 5.45. The van der Waals surface area contributed by atoms with Crippen LogP contribution in [0.3, 0.4) is 0 Å². The van der Waals surface area contributed by atoms with Crippen LogP contribution in [0, 0.1) is 5.92 Å². The molecule has 0 spiro atoms. The molecular formula is C14H26N2O3. The maximum atomic E-state index is 12.0. The van der Waals surface area contributed by atoms with Crippen LogP contribution in [0.1, 0.15) is 52.4 Å². The van der Waals surface area contributed by atoms with Crippen molar-refractivity contribution in [2.24, 2.45) is 5.92 Å². The van der Waals surface area contributed by atoms with Crippen molar-refractivity contribution in [1.82, 2.24) is 10.2 Å². The zero-order valence-corrected chi connectivity index (χ0v) is 12.0. The van der Waals surface area contributed by atoms with Gasteiger partial charge >= 0.3 is 12.0 Å². The lowest BCUT2D eigenvalue weighted by molar-refractivity contribution is -0.143. The Balaban J connectivity index is 2.25. The van der Waals surface area contributed by atoms with E-state index in [4.69, 9.17) is 5.11 Å². The van der Waals surface area contributed by atoms with Crippen LogP contribution in [0.2, 0.25) is 0 Å². The first-order valence-electron chi connectivity index (χ1n) is 7.32. The number of piperidine rings is 1. The molecule has 19 heavy (non-hydrogen) atoms. The molecular weight excluding hydrogens is 244 g/mol. The van der Waals surface area contributed by atoms with Gasteiger partial charge in [-0.25, -0.2) is 4.79 Å². The minimum absolute atomic E-state index is 0.0483. The van der Waals surface area contributed by atoms with E-state index >= 15 is 0 Å². The smallest absolute Gasteiger partial charge is 0.317 e. The zero-order chi connectivity index (χ0) is 14.3. The van der Waals surface area contributed by atoms with Crippen LogP contribution in [0.25, 0.3) is 0 Å². The summed E-state index contributed by atoms with van der Waals surface area (Å²) in [6.45, 7) is 5.28. The van der Waals surface area contributed by atoms with Gasteiger partial charge < -0.3 is 15.3 Å². The van der Waals surface area contributed by atoms with Crippen molar-refractivity contribution >= 4 is 12.0 Å². The summed E-state index contributed by atoms with van der Waals surface area (Å²) in [5.41, 5.74) is 0. The summed E-state index contributed by atoms with van der Waals surface area (Å²) in [6, 6.07) is 0.143. The molecule has 2 N–H and O–H groups in total. The fourth-order valence-corrected chi connectivity index (χ4v) is 2.40. The first-order chi connectivity index (χ1) is 9.04. The minimum Gasteiger partial charge on any atom is -0.481 e. The van der Waals surface area contributed by atoms with E-state index in [1.165, 1.54) is 12.8 Å². The molecule has 2 amide bonds. The molecule has 0 aliphatic carbocycles. The van der Waals surface area contributed by atoms with E-state index in [0.717, 1.165) is 12.8 Å². The summed E-state index contributed by atoms with van der Waals surface area (Å²) in [5, 5.41) is 11.9. The van der Waals surface area contributed by atoms with Crippen LogP contribution in [-0.2, 0) is 4.79 Å². The SMILES string of the molecule is CCCCCC(C)NC(=O)N1CCC(C(=O)O)CC1. The molecule has 1 fully saturated rings. The summed E-state index contributed by atoms with van der Waals surface area (Å²) in [7, 11) is 0. The quantitative estimate of drug-likeness (QED) is 0.728. The Morgan fingerprint density at radius 3 is 2.47 bits per heavy atom.